The van der Waals surface area contributed by atoms with E-state index in [1.165, 1.54) is 6.92 Å². The van der Waals surface area contributed by atoms with Gasteiger partial charge in [0.1, 0.15) is 18.2 Å². The van der Waals surface area contributed by atoms with Crippen LogP contribution in [0.2, 0.25) is 0 Å². The predicted octanol–water partition coefficient (Wildman–Crippen LogP) is 3.54. The van der Waals surface area contributed by atoms with Crippen molar-refractivity contribution in [1.82, 2.24) is 9.13 Å². The van der Waals surface area contributed by atoms with E-state index in [2.05, 4.69) is 10.0 Å². The van der Waals surface area contributed by atoms with Crippen LogP contribution in [0.1, 0.15) is 24.3 Å². The first kappa shape index (κ1) is 18.2. The van der Waals surface area contributed by atoms with Crippen LogP contribution in [0.4, 0.5) is 0 Å². The lowest BCUT2D eigenvalue weighted by molar-refractivity contribution is -0.149. The maximum Gasteiger partial charge on any atom is 0.303 e. The van der Waals surface area contributed by atoms with Crippen LogP contribution in [0.3, 0.4) is 0 Å². The lowest BCUT2D eigenvalue weighted by atomic mass is 10.1. The number of ether oxygens (including phenoxy) is 2. The molecule has 2 heterocycles. The molecule has 3 rings (SSSR count). The lowest BCUT2D eigenvalue weighted by Gasteiger charge is -2.20. The first-order valence-corrected chi connectivity index (χ1v) is 8.51. The van der Waals surface area contributed by atoms with Crippen LogP contribution in [-0.2, 0) is 21.3 Å². The standard InChI is InChI=1S/C17H19N5O3S/c1-10-4-6-12(7-5-10)22-8-14(21(3)17(22)26)16-15(25-11(2)23)13(9-24-16)19-20-18/h4-8,13,15-16H,9H2,1-3H3/t13-,15+,16-/m0/s1. The molecule has 136 valence electrons. The molecule has 8 nitrogen and oxygen atoms in total. The van der Waals surface area contributed by atoms with E-state index in [1.807, 2.05) is 53.6 Å². The van der Waals surface area contributed by atoms with E-state index in [-0.39, 0.29) is 6.61 Å². The van der Waals surface area contributed by atoms with E-state index in [1.54, 1.807) is 0 Å². The summed E-state index contributed by atoms with van der Waals surface area (Å²) in [6.45, 7) is 3.51. The molecule has 0 bridgehead atoms. The van der Waals surface area contributed by atoms with Gasteiger partial charge in [-0.1, -0.05) is 22.8 Å². The SMILES string of the molecule is CC(=O)O[C@@H]1[C@@H](N=[N+]=[N-])CO[C@H]1c1cn(-c2ccc(C)cc2)c(=S)n1C. The normalized spacial score (nSPS) is 22.0. The summed E-state index contributed by atoms with van der Waals surface area (Å²) >= 11 is 5.55. The Morgan fingerprint density at radius 3 is 2.73 bits per heavy atom. The van der Waals surface area contributed by atoms with Crippen LogP contribution in [-0.4, -0.2) is 33.9 Å². The maximum absolute atomic E-state index is 11.5. The number of azide groups is 1. The highest BCUT2D eigenvalue weighted by Crippen LogP contribution is 2.34. The van der Waals surface area contributed by atoms with Gasteiger partial charge in [0.2, 0.25) is 0 Å². The quantitative estimate of drug-likeness (QED) is 0.269. The molecule has 0 amide bonds. The summed E-state index contributed by atoms with van der Waals surface area (Å²) in [5, 5.41) is 3.70. The van der Waals surface area contributed by atoms with Crippen molar-refractivity contribution in [2.75, 3.05) is 6.61 Å². The van der Waals surface area contributed by atoms with E-state index in [0.29, 0.717) is 4.77 Å². The number of imidazole rings is 1. The Hall–Kier alpha value is -2.61. The van der Waals surface area contributed by atoms with Crippen LogP contribution < -0.4 is 0 Å². The Bertz CT molecular complexity index is 927. The van der Waals surface area contributed by atoms with Gasteiger partial charge in [0.15, 0.2) is 4.77 Å². The smallest absolute Gasteiger partial charge is 0.303 e. The number of esters is 1. The Kier molecular flexibility index (Phi) is 5.13. The van der Waals surface area contributed by atoms with Crippen LogP contribution >= 0.6 is 12.2 Å². The van der Waals surface area contributed by atoms with Gasteiger partial charge < -0.3 is 14.0 Å². The fraction of sp³-hybridized carbons (Fsp3) is 0.412. The minimum absolute atomic E-state index is 0.176. The summed E-state index contributed by atoms with van der Waals surface area (Å²) in [6, 6.07) is 7.41. The molecule has 9 heteroatoms. The van der Waals surface area contributed by atoms with Gasteiger partial charge in [-0.3, -0.25) is 9.36 Å². The minimum Gasteiger partial charge on any atom is -0.459 e. The molecule has 1 aliphatic heterocycles. The van der Waals surface area contributed by atoms with Gasteiger partial charge in [0, 0.05) is 30.8 Å². The van der Waals surface area contributed by atoms with Gasteiger partial charge in [-0.15, -0.1) is 0 Å². The molecule has 1 saturated heterocycles. The van der Waals surface area contributed by atoms with Crippen molar-refractivity contribution in [3.05, 3.63) is 56.9 Å². The van der Waals surface area contributed by atoms with E-state index >= 15 is 0 Å². The van der Waals surface area contributed by atoms with Crippen molar-refractivity contribution < 1.29 is 14.3 Å². The minimum atomic E-state index is -0.696. The molecular weight excluding hydrogens is 354 g/mol. The summed E-state index contributed by atoms with van der Waals surface area (Å²) < 4.78 is 15.5. The highest BCUT2D eigenvalue weighted by atomic mass is 32.1. The Labute approximate surface area is 155 Å². The van der Waals surface area contributed by atoms with Crippen molar-refractivity contribution in [3.63, 3.8) is 0 Å². The third kappa shape index (κ3) is 3.37. The number of nitrogens with zero attached hydrogens (tertiary/aromatic N) is 5. The third-order valence-electron chi connectivity index (χ3n) is 4.37. The van der Waals surface area contributed by atoms with Crippen LogP contribution in [0.25, 0.3) is 16.1 Å². The van der Waals surface area contributed by atoms with E-state index in [0.717, 1.165) is 16.9 Å². The highest BCUT2D eigenvalue weighted by molar-refractivity contribution is 7.71. The topological polar surface area (TPSA) is 94.2 Å². The fourth-order valence-electron chi connectivity index (χ4n) is 3.05. The number of hydrogen-bond donors (Lipinski definition) is 0. The average molecular weight is 373 g/mol. The summed E-state index contributed by atoms with van der Waals surface area (Å²) in [4.78, 5) is 14.3. The number of benzene rings is 1. The number of carbonyl (C=O) groups excluding carboxylic acids is 1. The van der Waals surface area contributed by atoms with Crippen LogP contribution in [0.5, 0.6) is 0 Å². The molecule has 0 spiro atoms. The zero-order valence-corrected chi connectivity index (χ0v) is 15.5. The number of aromatic nitrogens is 2. The molecule has 0 radical (unpaired) electrons. The Balaban J connectivity index is 2.02. The molecule has 1 aromatic carbocycles. The zero-order valence-electron chi connectivity index (χ0n) is 14.7. The zero-order chi connectivity index (χ0) is 18.8. The second-order valence-corrected chi connectivity index (χ2v) is 6.57. The molecule has 1 fully saturated rings. The van der Waals surface area contributed by atoms with Crippen molar-refractivity contribution in [2.45, 2.75) is 32.1 Å². The first-order chi connectivity index (χ1) is 12.4. The molecule has 0 N–H and O–H groups in total. The maximum atomic E-state index is 11.5. The van der Waals surface area contributed by atoms with E-state index < -0.39 is 24.2 Å². The molecule has 3 atom stereocenters. The summed E-state index contributed by atoms with van der Waals surface area (Å²) in [5.41, 5.74) is 11.6. The molecule has 1 aromatic heterocycles. The lowest BCUT2D eigenvalue weighted by Crippen LogP contribution is -2.30. The van der Waals surface area contributed by atoms with Crippen molar-refractivity contribution >= 4 is 18.2 Å². The van der Waals surface area contributed by atoms with Crippen molar-refractivity contribution in [2.24, 2.45) is 12.2 Å². The molecular formula is C17H19N5O3S. The van der Waals surface area contributed by atoms with Gasteiger partial charge in [-0.05, 0) is 36.8 Å². The molecule has 0 unspecified atom stereocenters. The van der Waals surface area contributed by atoms with Gasteiger partial charge in [0.25, 0.3) is 0 Å². The molecule has 1 aliphatic rings. The van der Waals surface area contributed by atoms with Crippen molar-refractivity contribution in [3.8, 4) is 5.69 Å². The average Bonchev–Trinajstić information content (AvgIpc) is 3.11. The monoisotopic (exact) mass is 373 g/mol. The largest absolute Gasteiger partial charge is 0.459 e. The predicted molar refractivity (Wildman–Crippen MR) is 97.5 cm³/mol. The van der Waals surface area contributed by atoms with Gasteiger partial charge >= 0.3 is 5.97 Å². The number of rotatable bonds is 4. The van der Waals surface area contributed by atoms with Gasteiger partial charge in [-0.2, -0.15) is 0 Å². The van der Waals surface area contributed by atoms with Gasteiger partial charge in [-0.25, -0.2) is 0 Å². The van der Waals surface area contributed by atoms with Crippen molar-refractivity contribution in [1.29, 1.82) is 0 Å². The van der Waals surface area contributed by atoms with E-state index in [4.69, 9.17) is 27.2 Å². The fourth-order valence-corrected chi connectivity index (χ4v) is 3.31. The summed E-state index contributed by atoms with van der Waals surface area (Å²) in [6.07, 6.45) is 0.609. The van der Waals surface area contributed by atoms with E-state index in [9.17, 15) is 4.79 Å². The number of aryl methyl sites for hydroxylation is 1. The second-order valence-electron chi connectivity index (χ2n) is 6.20. The molecule has 26 heavy (non-hydrogen) atoms. The number of carbonyl (C=O) groups is 1. The molecule has 0 saturated carbocycles. The third-order valence-corrected chi connectivity index (χ3v) is 4.84. The summed E-state index contributed by atoms with van der Waals surface area (Å²) in [7, 11) is 1.83. The van der Waals surface area contributed by atoms with Gasteiger partial charge in [0.05, 0.1) is 12.3 Å². The molecule has 2 aromatic rings. The number of hydrogen-bond acceptors (Lipinski definition) is 5. The first-order valence-electron chi connectivity index (χ1n) is 8.10. The second kappa shape index (κ2) is 7.33. The van der Waals surface area contributed by atoms with Crippen LogP contribution in [0.15, 0.2) is 35.6 Å². The Morgan fingerprint density at radius 1 is 1.42 bits per heavy atom. The summed E-state index contributed by atoms with van der Waals surface area (Å²) in [5.74, 6) is -0.456. The molecule has 0 aliphatic carbocycles. The highest BCUT2D eigenvalue weighted by Gasteiger charge is 2.42. The van der Waals surface area contributed by atoms with Crippen LogP contribution in [0, 0.1) is 11.7 Å². The Morgan fingerprint density at radius 2 is 2.12 bits per heavy atom.